The molecule has 134 valence electrons. The third kappa shape index (κ3) is 4.00. The predicted molar refractivity (Wildman–Crippen MR) is 96.5 cm³/mol. The van der Waals surface area contributed by atoms with E-state index in [1.165, 1.54) is 6.42 Å². The zero-order chi connectivity index (χ0) is 17.8. The first-order chi connectivity index (χ1) is 12.1. The molecule has 1 aromatic carbocycles. The first-order valence-electron chi connectivity index (χ1n) is 9.05. The average Bonchev–Trinajstić information content (AvgIpc) is 3.08. The van der Waals surface area contributed by atoms with Crippen LogP contribution in [0.25, 0.3) is 0 Å². The van der Waals surface area contributed by atoms with Crippen molar-refractivity contribution in [2.24, 2.45) is 0 Å². The van der Waals surface area contributed by atoms with E-state index in [9.17, 15) is 4.79 Å². The van der Waals surface area contributed by atoms with Gasteiger partial charge in [0.05, 0.1) is 6.54 Å². The maximum absolute atomic E-state index is 12.8. The molecule has 1 aliphatic rings. The van der Waals surface area contributed by atoms with E-state index < -0.39 is 0 Å². The van der Waals surface area contributed by atoms with Gasteiger partial charge in [-0.1, -0.05) is 12.1 Å². The summed E-state index contributed by atoms with van der Waals surface area (Å²) in [5.41, 5.74) is 2.76. The number of piperidine rings is 1. The molecule has 3 rings (SSSR count). The first kappa shape index (κ1) is 17.5. The average molecular weight is 342 g/mol. The molecule has 1 N–H and O–H groups in total. The standard InChI is InChI=1S/C19H26N4O2/c1-4-17-21-18(25-22-17)12-20-16-9-8-15(11-13(16)2)19(24)23-10-6-5-7-14(23)3/h8-9,11,14,20H,4-7,10,12H2,1-3H3/t14-/m0/s1. The maximum Gasteiger partial charge on any atom is 0.254 e. The van der Waals surface area contributed by atoms with Crippen LogP contribution in [0.3, 0.4) is 0 Å². The molecule has 6 nitrogen and oxygen atoms in total. The summed E-state index contributed by atoms with van der Waals surface area (Å²) >= 11 is 0. The van der Waals surface area contributed by atoms with E-state index in [0.29, 0.717) is 24.3 Å². The van der Waals surface area contributed by atoms with Gasteiger partial charge in [0, 0.05) is 30.3 Å². The van der Waals surface area contributed by atoms with Crippen LogP contribution in [-0.2, 0) is 13.0 Å². The van der Waals surface area contributed by atoms with Crippen molar-refractivity contribution in [2.75, 3.05) is 11.9 Å². The van der Waals surface area contributed by atoms with Crippen molar-refractivity contribution in [1.82, 2.24) is 15.0 Å². The van der Waals surface area contributed by atoms with Crippen LogP contribution >= 0.6 is 0 Å². The lowest BCUT2D eigenvalue weighted by atomic mass is 10.0. The monoisotopic (exact) mass is 342 g/mol. The number of anilines is 1. The van der Waals surface area contributed by atoms with E-state index in [4.69, 9.17) is 4.52 Å². The summed E-state index contributed by atoms with van der Waals surface area (Å²) in [7, 11) is 0. The number of amides is 1. The fourth-order valence-electron chi connectivity index (χ4n) is 3.24. The number of likely N-dealkylation sites (tertiary alicyclic amines) is 1. The van der Waals surface area contributed by atoms with Crippen LogP contribution in [0.1, 0.15) is 60.7 Å². The van der Waals surface area contributed by atoms with Crippen molar-refractivity contribution < 1.29 is 9.32 Å². The largest absolute Gasteiger partial charge is 0.376 e. The van der Waals surface area contributed by atoms with Gasteiger partial charge in [0.25, 0.3) is 5.91 Å². The first-order valence-corrected chi connectivity index (χ1v) is 9.05. The van der Waals surface area contributed by atoms with Crippen LogP contribution in [0.15, 0.2) is 22.7 Å². The normalized spacial score (nSPS) is 17.6. The van der Waals surface area contributed by atoms with Gasteiger partial charge in [0.15, 0.2) is 5.82 Å². The molecule has 0 radical (unpaired) electrons. The molecule has 1 fully saturated rings. The number of carbonyl (C=O) groups is 1. The maximum atomic E-state index is 12.8. The highest BCUT2D eigenvalue weighted by atomic mass is 16.5. The van der Waals surface area contributed by atoms with E-state index in [2.05, 4.69) is 22.4 Å². The Hall–Kier alpha value is -2.37. The molecule has 1 atom stereocenters. The third-order valence-corrected chi connectivity index (χ3v) is 4.79. The predicted octanol–water partition coefficient (Wildman–Crippen LogP) is 3.57. The number of hydrogen-bond donors (Lipinski definition) is 1. The summed E-state index contributed by atoms with van der Waals surface area (Å²) in [6, 6.07) is 6.13. The zero-order valence-corrected chi connectivity index (χ0v) is 15.2. The van der Waals surface area contributed by atoms with Gasteiger partial charge in [0.2, 0.25) is 5.89 Å². The lowest BCUT2D eigenvalue weighted by molar-refractivity contribution is 0.0635. The Labute approximate surface area is 148 Å². The zero-order valence-electron chi connectivity index (χ0n) is 15.2. The summed E-state index contributed by atoms with van der Waals surface area (Å²) in [5, 5.41) is 7.19. The Bertz CT molecular complexity index is 741. The smallest absolute Gasteiger partial charge is 0.254 e. The highest BCUT2D eigenvalue weighted by Crippen LogP contribution is 2.22. The Morgan fingerprint density at radius 1 is 1.40 bits per heavy atom. The highest BCUT2D eigenvalue weighted by Gasteiger charge is 2.24. The van der Waals surface area contributed by atoms with Crippen LogP contribution < -0.4 is 5.32 Å². The molecule has 0 unspecified atom stereocenters. The second-order valence-corrected chi connectivity index (χ2v) is 6.68. The van der Waals surface area contributed by atoms with E-state index in [1.54, 1.807) is 0 Å². The minimum absolute atomic E-state index is 0.131. The minimum Gasteiger partial charge on any atom is -0.376 e. The van der Waals surface area contributed by atoms with Crippen LogP contribution in [0, 0.1) is 6.92 Å². The molecule has 1 saturated heterocycles. The highest BCUT2D eigenvalue weighted by molar-refractivity contribution is 5.95. The van der Waals surface area contributed by atoms with Gasteiger partial charge in [-0.05, 0) is 56.9 Å². The molecule has 25 heavy (non-hydrogen) atoms. The quantitative estimate of drug-likeness (QED) is 0.899. The Balaban J connectivity index is 1.66. The van der Waals surface area contributed by atoms with Crippen molar-refractivity contribution in [3.8, 4) is 0 Å². The van der Waals surface area contributed by atoms with Gasteiger partial charge in [0.1, 0.15) is 0 Å². The van der Waals surface area contributed by atoms with Gasteiger partial charge < -0.3 is 14.7 Å². The lowest BCUT2D eigenvalue weighted by Gasteiger charge is -2.33. The van der Waals surface area contributed by atoms with Gasteiger partial charge >= 0.3 is 0 Å². The number of benzene rings is 1. The van der Waals surface area contributed by atoms with E-state index in [-0.39, 0.29) is 5.91 Å². The molecule has 1 aliphatic heterocycles. The summed E-state index contributed by atoms with van der Waals surface area (Å²) < 4.78 is 5.19. The number of hydrogen-bond acceptors (Lipinski definition) is 5. The van der Waals surface area contributed by atoms with E-state index >= 15 is 0 Å². The van der Waals surface area contributed by atoms with Gasteiger partial charge in [-0.15, -0.1) is 0 Å². The summed E-state index contributed by atoms with van der Waals surface area (Å²) in [5.74, 6) is 1.41. The second kappa shape index (κ2) is 7.68. The molecule has 2 heterocycles. The van der Waals surface area contributed by atoms with Crippen molar-refractivity contribution >= 4 is 11.6 Å². The lowest BCUT2D eigenvalue weighted by Crippen LogP contribution is -2.42. The molecule has 6 heteroatoms. The molecule has 0 bridgehead atoms. The number of aromatic nitrogens is 2. The van der Waals surface area contributed by atoms with Crippen molar-refractivity contribution in [3.63, 3.8) is 0 Å². The fraction of sp³-hybridized carbons (Fsp3) is 0.526. The summed E-state index contributed by atoms with van der Waals surface area (Å²) in [6.07, 6.45) is 4.16. The number of nitrogens with one attached hydrogen (secondary N) is 1. The molecule has 2 aromatic rings. The van der Waals surface area contributed by atoms with Gasteiger partial charge in [-0.2, -0.15) is 4.98 Å². The molecule has 1 amide bonds. The Morgan fingerprint density at radius 3 is 2.92 bits per heavy atom. The Kier molecular flexibility index (Phi) is 5.36. The summed E-state index contributed by atoms with van der Waals surface area (Å²) in [4.78, 5) is 19.0. The van der Waals surface area contributed by atoms with Crippen LogP contribution in [-0.4, -0.2) is 33.5 Å². The van der Waals surface area contributed by atoms with E-state index in [0.717, 1.165) is 42.6 Å². The van der Waals surface area contributed by atoms with Crippen LogP contribution in [0.2, 0.25) is 0 Å². The topological polar surface area (TPSA) is 71.3 Å². The van der Waals surface area contributed by atoms with Crippen molar-refractivity contribution in [2.45, 2.75) is 59.0 Å². The number of nitrogens with zero attached hydrogens (tertiary/aromatic N) is 3. The van der Waals surface area contributed by atoms with Crippen LogP contribution in [0.5, 0.6) is 0 Å². The van der Waals surface area contributed by atoms with Gasteiger partial charge in [-0.3, -0.25) is 4.79 Å². The molecule has 0 aliphatic carbocycles. The Morgan fingerprint density at radius 2 is 2.24 bits per heavy atom. The van der Waals surface area contributed by atoms with Gasteiger partial charge in [-0.25, -0.2) is 0 Å². The minimum atomic E-state index is 0.131. The second-order valence-electron chi connectivity index (χ2n) is 6.68. The van der Waals surface area contributed by atoms with Crippen LogP contribution in [0.4, 0.5) is 5.69 Å². The molecular weight excluding hydrogens is 316 g/mol. The third-order valence-electron chi connectivity index (χ3n) is 4.79. The molecular formula is C19H26N4O2. The summed E-state index contributed by atoms with van der Waals surface area (Å²) in [6.45, 7) is 7.46. The van der Waals surface area contributed by atoms with Crippen molar-refractivity contribution in [3.05, 3.63) is 41.0 Å². The number of aryl methyl sites for hydroxylation is 2. The number of carbonyl (C=O) groups excluding carboxylic acids is 1. The SMILES string of the molecule is CCc1noc(CNc2ccc(C(=O)N3CCCC[C@@H]3C)cc2C)n1. The number of rotatable bonds is 5. The fourth-order valence-corrected chi connectivity index (χ4v) is 3.24. The molecule has 0 saturated carbocycles. The van der Waals surface area contributed by atoms with Crippen molar-refractivity contribution in [1.29, 1.82) is 0 Å². The molecule has 1 aromatic heterocycles. The molecule has 0 spiro atoms. The van der Waals surface area contributed by atoms with E-state index in [1.807, 2.05) is 36.9 Å².